The van der Waals surface area contributed by atoms with Crippen LogP contribution in [0.5, 0.6) is 0 Å². The van der Waals surface area contributed by atoms with Gasteiger partial charge in [0.25, 0.3) is 0 Å². The highest BCUT2D eigenvalue weighted by Gasteiger charge is 2.41. The third kappa shape index (κ3) is 3.09. The van der Waals surface area contributed by atoms with E-state index in [9.17, 15) is 9.59 Å². The molecule has 118 valence electrons. The first kappa shape index (κ1) is 14.9. The molecule has 4 nitrogen and oxygen atoms in total. The molecular formula is C17H28N2O2. The molecule has 0 aromatic carbocycles. The first-order chi connectivity index (χ1) is 9.86. The maximum absolute atomic E-state index is 12.5. The lowest BCUT2D eigenvalue weighted by atomic mass is 9.81. The molecule has 0 bridgehead atoms. The van der Waals surface area contributed by atoms with Gasteiger partial charge in [-0.3, -0.25) is 9.59 Å². The molecule has 2 atom stereocenters. The van der Waals surface area contributed by atoms with Crippen LogP contribution in [0.2, 0.25) is 0 Å². The van der Waals surface area contributed by atoms with Crippen LogP contribution in [0, 0.1) is 17.3 Å². The number of carbonyl (C=O) groups is 2. The normalized spacial score (nSPS) is 30.9. The van der Waals surface area contributed by atoms with Crippen molar-refractivity contribution in [1.29, 1.82) is 0 Å². The molecule has 1 saturated carbocycles. The zero-order valence-corrected chi connectivity index (χ0v) is 13.6. The number of amides is 2. The zero-order chi connectivity index (χ0) is 15.2. The molecule has 0 aromatic heterocycles. The van der Waals surface area contributed by atoms with Crippen LogP contribution < -0.4 is 0 Å². The second-order valence-electron chi connectivity index (χ2n) is 8.12. The Kier molecular flexibility index (Phi) is 3.74. The Hall–Kier alpha value is -1.06. The molecule has 0 aromatic rings. The summed E-state index contributed by atoms with van der Waals surface area (Å²) in [5.74, 6) is 1.62. The van der Waals surface area contributed by atoms with Crippen LogP contribution in [0.4, 0.5) is 0 Å². The average Bonchev–Trinajstić information content (AvgIpc) is 3.22. The quantitative estimate of drug-likeness (QED) is 0.744. The van der Waals surface area contributed by atoms with E-state index in [2.05, 4.69) is 4.90 Å². The van der Waals surface area contributed by atoms with E-state index in [-0.39, 0.29) is 11.3 Å². The molecule has 1 aliphatic carbocycles. The molecule has 0 spiro atoms. The van der Waals surface area contributed by atoms with Crippen molar-refractivity contribution in [1.82, 2.24) is 9.80 Å². The van der Waals surface area contributed by atoms with Gasteiger partial charge in [0.15, 0.2) is 0 Å². The SMILES string of the molecule is CC(C)(C)C(=O)N1CC[C@H]2CC(=O)N(C3CC3)CC[C@H]2C1. The Bertz CT molecular complexity index is 437. The number of hydrogen-bond donors (Lipinski definition) is 0. The second-order valence-corrected chi connectivity index (χ2v) is 8.12. The van der Waals surface area contributed by atoms with E-state index in [1.54, 1.807) is 0 Å². The minimum atomic E-state index is -0.298. The highest BCUT2D eigenvalue weighted by Crippen LogP contribution is 2.37. The number of nitrogens with zero attached hydrogens (tertiary/aromatic N) is 2. The summed E-state index contributed by atoms with van der Waals surface area (Å²) in [5.41, 5.74) is -0.298. The Balaban J connectivity index is 1.66. The van der Waals surface area contributed by atoms with Crippen molar-refractivity contribution in [2.24, 2.45) is 17.3 Å². The van der Waals surface area contributed by atoms with Gasteiger partial charge in [-0.1, -0.05) is 20.8 Å². The van der Waals surface area contributed by atoms with Crippen molar-refractivity contribution in [3.05, 3.63) is 0 Å². The summed E-state index contributed by atoms with van der Waals surface area (Å²) in [6.07, 6.45) is 5.15. The van der Waals surface area contributed by atoms with E-state index in [4.69, 9.17) is 0 Å². The highest BCUT2D eigenvalue weighted by atomic mass is 16.2. The van der Waals surface area contributed by atoms with Crippen molar-refractivity contribution in [3.8, 4) is 0 Å². The van der Waals surface area contributed by atoms with Crippen LogP contribution in [0.25, 0.3) is 0 Å². The van der Waals surface area contributed by atoms with Gasteiger partial charge in [0.05, 0.1) is 0 Å². The predicted molar refractivity (Wildman–Crippen MR) is 81.6 cm³/mol. The standard InChI is InChI=1S/C17H28N2O2/c1-17(2,3)16(21)18-8-6-12-10-15(20)19(14-4-5-14)9-7-13(12)11-18/h12-14H,4-11H2,1-3H3/t12-,13-/m0/s1. The van der Waals surface area contributed by atoms with Crippen molar-refractivity contribution in [3.63, 3.8) is 0 Å². The smallest absolute Gasteiger partial charge is 0.227 e. The van der Waals surface area contributed by atoms with Crippen LogP contribution in [0.15, 0.2) is 0 Å². The van der Waals surface area contributed by atoms with Gasteiger partial charge in [-0.15, -0.1) is 0 Å². The van der Waals surface area contributed by atoms with Crippen LogP contribution in [-0.4, -0.2) is 47.3 Å². The molecule has 3 fully saturated rings. The lowest BCUT2D eigenvalue weighted by molar-refractivity contribution is -0.142. The number of fused-ring (bicyclic) bond motifs is 1. The number of carbonyl (C=O) groups excluding carboxylic acids is 2. The first-order valence-electron chi connectivity index (χ1n) is 8.45. The number of piperidine rings is 1. The van der Waals surface area contributed by atoms with E-state index >= 15 is 0 Å². The fourth-order valence-corrected chi connectivity index (χ4v) is 3.88. The van der Waals surface area contributed by atoms with Gasteiger partial charge in [0.1, 0.15) is 0 Å². The molecule has 0 unspecified atom stereocenters. The summed E-state index contributed by atoms with van der Waals surface area (Å²) in [7, 11) is 0. The Morgan fingerprint density at radius 2 is 1.71 bits per heavy atom. The van der Waals surface area contributed by atoms with Crippen LogP contribution in [0.1, 0.15) is 52.9 Å². The zero-order valence-electron chi connectivity index (χ0n) is 13.6. The minimum Gasteiger partial charge on any atom is -0.342 e. The van der Waals surface area contributed by atoms with Crippen molar-refractivity contribution < 1.29 is 9.59 Å². The first-order valence-corrected chi connectivity index (χ1v) is 8.45. The van der Waals surface area contributed by atoms with Gasteiger partial charge in [-0.2, -0.15) is 0 Å². The molecule has 0 N–H and O–H groups in total. The molecule has 3 aliphatic rings. The van der Waals surface area contributed by atoms with E-state index < -0.39 is 0 Å². The molecule has 21 heavy (non-hydrogen) atoms. The van der Waals surface area contributed by atoms with E-state index in [1.165, 1.54) is 12.8 Å². The third-order valence-electron chi connectivity index (χ3n) is 5.31. The highest BCUT2D eigenvalue weighted by molar-refractivity contribution is 5.82. The number of likely N-dealkylation sites (tertiary alicyclic amines) is 2. The van der Waals surface area contributed by atoms with Gasteiger partial charge in [0.2, 0.25) is 11.8 Å². The van der Waals surface area contributed by atoms with Crippen molar-refractivity contribution in [2.45, 2.75) is 58.9 Å². The maximum atomic E-state index is 12.5. The van der Waals surface area contributed by atoms with Crippen molar-refractivity contribution >= 4 is 11.8 Å². The second kappa shape index (κ2) is 5.29. The summed E-state index contributed by atoms with van der Waals surface area (Å²) in [6, 6.07) is 0.532. The lowest BCUT2D eigenvalue weighted by Crippen LogP contribution is -2.47. The van der Waals surface area contributed by atoms with E-state index in [0.29, 0.717) is 30.2 Å². The molecule has 2 aliphatic heterocycles. The van der Waals surface area contributed by atoms with Gasteiger partial charge < -0.3 is 9.80 Å². The van der Waals surface area contributed by atoms with Gasteiger partial charge in [-0.05, 0) is 37.5 Å². The third-order valence-corrected chi connectivity index (χ3v) is 5.31. The van der Waals surface area contributed by atoms with Crippen molar-refractivity contribution in [2.75, 3.05) is 19.6 Å². The molecule has 2 amide bonds. The minimum absolute atomic E-state index is 0.260. The molecular weight excluding hydrogens is 264 g/mol. The van der Waals surface area contributed by atoms with Crippen LogP contribution in [0.3, 0.4) is 0 Å². The average molecular weight is 292 g/mol. The summed E-state index contributed by atoms with van der Waals surface area (Å²) in [4.78, 5) is 29.0. The fraction of sp³-hybridized carbons (Fsp3) is 0.882. The summed E-state index contributed by atoms with van der Waals surface area (Å²) in [6.45, 7) is 8.56. The van der Waals surface area contributed by atoms with E-state index in [0.717, 1.165) is 32.5 Å². The molecule has 0 radical (unpaired) electrons. The molecule has 3 rings (SSSR count). The number of rotatable bonds is 1. The van der Waals surface area contributed by atoms with Gasteiger partial charge in [0, 0.05) is 37.5 Å². The van der Waals surface area contributed by atoms with E-state index in [1.807, 2.05) is 25.7 Å². The lowest BCUT2D eigenvalue weighted by Gasteiger charge is -2.40. The fourth-order valence-electron chi connectivity index (χ4n) is 3.88. The largest absolute Gasteiger partial charge is 0.342 e. The van der Waals surface area contributed by atoms with Crippen LogP contribution in [-0.2, 0) is 9.59 Å². The summed E-state index contributed by atoms with van der Waals surface area (Å²) >= 11 is 0. The Morgan fingerprint density at radius 3 is 2.33 bits per heavy atom. The van der Waals surface area contributed by atoms with Gasteiger partial charge >= 0.3 is 0 Å². The Labute approximate surface area is 127 Å². The predicted octanol–water partition coefficient (Wildman–Crippen LogP) is 2.28. The topological polar surface area (TPSA) is 40.6 Å². The number of hydrogen-bond acceptors (Lipinski definition) is 2. The summed E-state index contributed by atoms with van der Waals surface area (Å²) in [5, 5.41) is 0. The van der Waals surface area contributed by atoms with Crippen LogP contribution >= 0.6 is 0 Å². The van der Waals surface area contributed by atoms with Gasteiger partial charge in [-0.25, -0.2) is 0 Å². The molecule has 2 saturated heterocycles. The summed E-state index contributed by atoms with van der Waals surface area (Å²) < 4.78 is 0. The Morgan fingerprint density at radius 1 is 1.05 bits per heavy atom. The maximum Gasteiger partial charge on any atom is 0.227 e. The monoisotopic (exact) mass is 292 g/mol. The molecule has 4 heteroatoms. The molecule has 2 heterocycles.